The van der Waals surface area contributed by atoms with Gasteiger partial charge in [0.15, 0.2) is 0 Å². The van der Waals surface area contributed by atoms with E-state index < -0.39 is 6.10 Å². The Bertz CT molecular complexity index is 616. The number of aliphatic hydroxyl groups excluding tert-OH is 1. The molecule has 4 nitrogen and oxygen atoms in total. The molecule has 1 unspecified atom stereocenters. The molecule has 1 fully saturated rings. The summed E-state index contributed by atoms with van der Waals surface area (Å²) in [5.74, 6) is 0. The van der Waals surface area contributed by atoms with E-state index in [2.05, 4.69) is 41.2 Å². The maximum atomic E-state index is 10.6. The molecule has 22 heavy (non-hydrogen) atoms. The summed E-state index contributed by atoms with van der Waals surface area (Å²) in [5.41, 5.74) is 3.20. The van der Waals surface area contributed by atoms with Crippen molar-refractivity contribution in [2.45, 2.75) is 57.6 Å². The van der Waals surface area contributed by atoms with Crippen molar-refractivity contribution in [2.24, 2.45) is 0 Å². The van der Waals surface area contributed by atoms with Crippen molar-refractivity contribution in [1.29, 1.82) is 0 Å². The van der Waals surface area contributed by atoms with Gasteiger partial charge in [-0.05, 0) is 56.5 Å². The quantitative estimate of drug-likeness (QED) is 0.888. The molecule has 0 saturated heterocycles. The zero-order valence-corrected chi connectivity index (χ0v) is 13.7. The summed E-state index contributed by atoms with van der Waals surface area (Å²) in [6, 6.07) is 4.85. The molecule has 0 spiro atoms. The maximum Gasteiger partial charge on any atom is 0.0805 e. The van der Waals surface area contributed by atoms with Crippen LogP contribution in [0.1, 0.15) is 55.8 Å². The van der Waals surface area contributed by atoms with Gasteiger partial charge < -0.3 is 10.0 Å². The minimum absolute atomic E-state index is 0.398. The van der Waals surface area contributed by atoms with Crippen LogP contribution in [-0.4, -0.2) is 39.8 Å². The molecule has 1 saturated carbocycles. The highest BCUT2D eigenvalue weighted by molar-refractivity contribution is 5.79. The van der Waals surface area contributed by atoms with Gasteiger partial charge in [-0.1, -0.05) is 19.3 Å². The highest BCUT2D eigenvalue weighted by Crippen LogP contribution is 2.27. The number of H-pyrrole nitrogens is 1. The van der Waals surface area contributed by atoms with E-state index in [1.54, 1.807) is 0 Å². The monoisotopic (exact) mass is 301 g/mol. The SMILES string of the molecule is Cc1cc2[nH]ncc2cc1C(O)CCN(C)C1CCCCC1. The molecule has 1 aromatic heterocycles. The third kappa shape index (κ3) is 3.33. The fourth-order valence-corrected chi connectivity index (χ4v) is 3.66. The third-order valence-corrected chi connectivity index (χ3v) is 5.14. The van der Waals surface area contributed by atoms with Gasteiger partial charge in [-0.2, -0.15) is 5.10 Å². The van der Waals surface area contributed by atoms with Gasteiger partial charge in [0.05, 0.1) is 17.8 Å². The zero-order valence-electron chi connectivity index (χ0n) is 13.7. The van der Waals surface area contributed by atoms with Gasteiger partial charge in [-0.25, -0.2) is 0 Å². The first-order valence-corrected chi connectivity index (χ1v) is 8.47. The Labute approximate surface area is 132 Å². The smallest absolute Gasteiger partial charge is 0.0805 e. The summed E-state index contributed by atoms with van der Waals surface area (Å²) < 4.78 is 0. The van der Waals surface area contributed by atoms with Crippen molar-refractivity contribution in [1.82, 2.24) is 15.1 Å². The zero-order chi connectivity index (χ0) is 15.5. The van der Waals surface area contributed by atoms with Gasteiger partial charge in [0.2, 0.25) is 0 Å². The van der Waals surface area contributed by atoms with Crippen molar-refractivity contribution in [3.8, 4) is 0 Å². The molecule has 3 rings (SSSR count). The van der Waals surface area contributed by atoms with Gasteiger partial charge in [-0.3, -0.25) is 5.10 Å². The fourth-order valence-electron chi connectivity index (χ4n) is 3.66. The first kappa shape index (κ1) is 15.5. The first-order chi connectivity index (χ1) is 10.6. The molecule has 1 aliphatic carbocycles. The van der Waals surface area contributed by atoms with Crippen molar-refractivity contribution in [3.63, 3.8) is 0 Å². The van der Waals surface area contributed by atoms with Crippen molar-refractivity contribution in [3.05, 3.63) is 29.5 Å². The van der Waals surface area contributed by atoms with Crippen molar-refractivity contribution in [2.75, 3.05) is 13.6 Å². The van der Waals surface area contributed by atoms with E-state index in [0.29, 0.717) is 6.04 Å². The number of fused-ring (bicyclic) bond motifs is 1. The maximum absolute atomic E-state index is 10.6. The number of nitrogens with one attached hydrogen (secondary N) is 1. The van der Waals surface area contributed by atoms with Gasteiger partial charge >= 0.3 is 0 Å². The largest absolute Gasteiger partial charge is 0.388 e. The minimum atomic E-state index is -0.398. The van der Waals surface area contributed by atoms with Gasteiger partial charge in [0, 0.05) is 18.0 Å². The summed E-state index contributed by atoms with van der Waals surface area (Å²) in [6.07, 6.45) is 8.93. The molecule has 1 aliphatic rings. The van der Waals surface area contributed by atoms with Crippen LogP contribution < -0.4 is 0 Å². The Morgan fingerprint density at radius 3 is 2.86 bits per heavy atom. The van der Waals surface area contributed by atoms with Crippen molar-refractivity contribution >= 4 is 10.9 Å². The number of benzene rings is 1. The van der Waals surface area contributed by atoms with Gasteiger partial charge in [0.1, 0.15) is 0 Å². The van der Waals surface area contributed by atoms with E-state index in [0.717, 1.165) is 35.0 Å². The van der Waals surface area contributed by atoms with E-state index in [-0.39, 0.29) is 0 Å². The van der Waals surface area contributed by atoms with Crippen LogP contribution >= 0.6 is 0 Å². The topological polar surface area (TPSA) is 52.1 Å². The van der Waals surface area contributed by atoms with Crippen LogP contribution in [0, 0.1) is 6.92 Å². The van der Waals surface area contributed by atoms with Crippen LogP contribution in [0.25, 0.3) is 10.9 Å². The second-order valence-corrected chi connectivity index (χ2v) is 6.74. The highest BCUT2D eigenvalue weighted by atomic mass is 16.3. The molecule has 1 heterocycles. The van der Waals surface area contributed by atoms with Crippen LogP contribution in [0.2, 0.25) is 0 Å². The fraction of sp³-hybridized carbons (Fsp3) is 0.611. The molecule has 0 radical (unpaired) electrons. The molecule has 1 aromatic carbocycles. The van der Waals surface area contributed by atoms with E-state index in [4.69, 9.17) is 0 Å². The number of aromatic amines is 1. The lowest BCUT2D eigenvalue weighted by Crippen LogP contribution is -2.34. The average molecular weight is 301 g/mol. The molecule has 0 bridgehead atoms. The van der Waals surface area contributed by atoms with Crippen LogP contribution in [0.5, 0.6) is 0 Å². The van der Waals surface area contributed by atoms with Crippen LogP contribution in [0.4, 0.5) is 0 Å². The number of aliphatic hydroxyl groups is 1. The summed E-state index contributed by atoms with van der Waals surface area (Å²) in [6.45, 7) is 3.01. The van der Waals surface area contributed by atoms with Crippen molar-refractivity contribution < 1.29 is 5.11 Å². The molecular formula is C18H27N3O. The second kappa shape index (κ2) is 6.80. The van der Waals surface area contributed by atoms with Crippen LogP contribution in [0.15, 0.2) is 18.3 Å². The normalized spacial score (nSPS) is 18.2. The average Bonchev–Trinajstić information content (AvgIpc) is 2.99. The Hall–Kier alpha value is -1.39. The molecule has 120 valence electrons. The Kier molecular flexibility index (Phi) is 4.79. The number of hydrogen-bond acceptors (Lipinski definition) is 3. The predicted molar refractivity (Wildman–Crippen MR) is 89.9 cm³/mol. The molecule has 0 aliphatic heterocycles. The lowest BCUT2D eigenvalue weighted by atomic mass is 9.94. The number of aromatic nitrogens is 2. The lowest BCUT2D eigenvalue weighted by Gasteiger charge is -2.31. The van der Waals surface area contributed by atoms with Gasteiger partial charge in [0.25, 0.3) is 0 Å². The number of aryl methyl sites for hydroxylation is 1. The lowest BCUT2D eigenvalue weighted by molar-refractivity contribution is 0.125. The molecule has 0 amide bonds. The Morgan fingerprint density at radius 1 is 1.32 bits per heavy atom. The highest BCUT2D eigenvalue weighted by Gasteiger charge is 2.19. The number of hydrogen-bond donors (Lipinski definition) is 2. The van der Waals surface area contributed by atoms with Crippen LogP contribution in [0.3, 0.4) is 0 Å². The number of nitrogens with zero attached hydrogens (tertiary/aromatic N) is 2. The molecule has 2 aromatic rings. The molecule has 1 atom stereocenters. The minimum Gasteiger partial charge on any atom is -0.388 e. The Morgan fingerprint density at radius 2 is 2.09 bits per heavy atom. The predicted octanol–water partition coefficient (Wildman–Crippen LogP) is 3.56. The first-order valence-electron chi connectivity index (χ1n) is 8.47. The molecular weight excluding hydrogens is 274 g/mol. The standard InChI is InChI=1S/C18H27N3O/c1-13-10-17-14(12-19-20-17)11-16(13)18(22)8-9-21(2)15-6-4-3-5-7-15/h10-12,15,18,22H,3-9H2,1-2H3,(H,19,20). The van der Waals surface area contributed by atoms with Crippen LogP contribution in [-0.2, 0) is 0 Å². The van der Waals surface area contributed by atoms with E-state index in [9.17, 15) is 5.11 Å². The summed E-state index contributed by atoms with van der Waals surface area (Å²) in [7, 11) is 2.20. The summed E-state index contributed by atoms with van der Waals surface area (Å²) in [4.78, 5) is 2.44. The molecule has 4 heteroatoms. The summed E-state index contributed by atoms with van der Waals surface area (Å²) in [5, 5.41) is 18.7. The van der Waals surface area contributed by atoms with E-state index in [1.807, 2.05) is 6.20 Å². The van der Waals surface area contributed by atoms with Gasteiger partial charge in [-0.15, -0.1) is 0 Å². The Balaban J connectivity index is 1.62. The van der Waals surface area contributed by atoms with E-state index in [1.165, 1.54) is 32.1 Å². The second-order valence-electron chi connectivity index (χ2n) is 6.74. The third-order valence-electron chi connectivity index (χ3n) is 5.14. The molecule has 2 N–H and O–H groups in total. The van der Waals surface area contributed by atoms with E-state index >= 15 is 0 Å². The number of rotatable bonds is 5. The summed E-state index contributed by atoms with van der Waals surface area (Å²) >= 11 is 0.